The number of pyridine rings is 1. The number of aliphatic carboxylic acids is 2. The van der Waals surface area contributed by atoms with E-state index in [1.54, 1.807) is 6.20 Å². The molecule has 0 atom stereocenters. The molecule has 0 saturated heterocycles. The fraction of sp³-hybridized carbons (Fsp3) is 0.267. The van der Waals surface area contributed by atoms with Crippen molar-refractivity contribution in [2.24, 2.45) is 0 Å². The van der Waals surface area contributed by atoms with Crippen molar-refractivity contribution < 1.29 is 19.8 Å². The first kappa shape index (κ1) is 16.6. The van der Waals surface area contributed by atoms with Crippen LogP contribution in [-0.2, 0) is 9.59 Å². The van der Waals surface area contributed by atoms with Crippen molar-refractivity contribution in [3.8, 4) is 0 Å². The molecule has 1 heterocycles. The zero-order chi connectivity index (χ0) is 15.7. The molecule has 0 aliphatic heterocycles. The Labute approximate surface area is 122 Å². The molecule has 0 amide bonds. The van der Waals surface area contributed by atoms with E-state index in [4.69, 9.17) is 10.2 Å². The largest absolute Gasteiger partial charge is 0.478 e. The highest BCUT2D eigenvalue weighted by Gasteiger charge is 2.37. The molecule has 1 aliphatic rings. The SMILES string of the molecule is CNC1(C=Cc2cccnc2)CC1.O=C(O)C=CC(=O)O. The summed E-state index contributed by atoms with van der Waals surface area (Å²) in [6, 6.07) is 4.02. The van der Waals surface area contributed by atoms with Gasteiger partial charge in [0.15, 0.2) is 0 Å². The molecule has 6 nitrogen and oxygen atoms in total. The molecule has 1 aliphatic carbocycles. The van der Waals surface area contributed by atoms with E-state index in [1.165, 1.54) is 18.4 Å². The van der Waals surface area contributed by atoms with Gasteiger partial charge in [-0.25, -0.2) is 9.59 Å². The summed E-state index contributed by atoms with van der Waals surface area (Å²) in [5.74, 6) is -2.51. The van der Waals surface area contributed by atoms with E-state index in [0.29, 0.717) is 12.2 Å². The summed E-state index contributed by atoms with van der Waals surface area (Å²) in [6.45, 7) is 0. The van der Waals surface area contributed by atoms with E-state index < -0.39 is 11.9 Å². The Balaban J connectivity index is 0.000000240. The predicted octanol–water partition coefficient (Wildman–Crippen LogP) is 1.56. The van der Waals surface area contributed by atoms with Crippen molar-refractivity contribution in [2.45, 2.75) is 18.4 Å². The predicted molar refractivity (Wildman–Crippen MR) is 78.7 cm³/mol. The van der Waals surface area contributed by atoms with E-state index in [9.17, 15) is 9.59 Å². The molecule has 112 valence electrons. The van der Waals surface area contributed by atoms with Crippen LogP contribution in [-0.4, -0.2) is 39.7 Å². The molecule has 21 heavy (non-hydrogen) atoms. The third kappa shape index (κ3) is 7.03. The van der Waals surface area contributed by atoms with E-state index in [1.807, 2.05) is 19.3 Å². The molecule has 0 aromatic carbocycles. The average molecular weight is 290 g/mol. The number of carboxylic acid groups (broad SMARTS) is 2. The number of hydrogen-bond acceptors (Lipinski definition) is 4. The van der Waals surface area contributed by atoms with Gasteiger partial charge in [-0.3, -0.25) is 4.98 Å². The maximum absolute atomic E-state index is 9.55. The molecule has 1 aromatic heterocycles. The first-order valence-corrected chi connectivity index (χ1v) is 6.39. The zero-order valence-corrected chi connectivity index (χ0v) is 11.7. The second kappa shape index (κ2) is 7.96. The van der Waals surface area contributed by atoms with Crippen LogP contribution in [0.4, 0.5) is 0 Å². The number of hydrogen-bond donors (Lipinski definition) is 3. The summed E-state index contributed by atoms with van der Waals surface area (Å²) in [5.41, 5.74) is 1.46. The fourth-order valence-electron chi connectivity index (χ4n) is 1.51. The van der Waals surface area contributed by atoms with Gasteiger partial charge in [-0.05, 0) is 31.5 Å². The molecule has 1 saturated carbocycles. The van der Waals surface area contributed by atoms with Gasteiger partial charge in [0.1, 0.15) is 0 Å². The van der Waals surface area contributed by atoms with Gasteiger partial charge in [-0.15, -0.1) is 0 Å². The molecule has 1 fully saturated rings. The molecular formula is C15H18N2O4. The number of aromatic nitrogens is 1. The van der Waals surface area contributed by atoms with Crippen molar-refractivity contribution in [2.75, 3.05) is 7.05 Å². The van der Waals surface area contributed by atoms with Crippen LogP contribution in [0.25, 0.3) is 6.08 Å². The van der Waals surface area contributed by atoms with Crippen LogP contribution in [0.5, 0.6) is 0 Å². The van der Waals surface area contributed by atoms with Crippen LogP contribution in [0.1, 0.15) is 18.4 Å². The van der Waals surface area contributed by atoms with Crippen molar-refractivity contribution >= 4 is 18.0 Å². The third-order valence-electron chi connectivity index (χ3n) is 2.93. The van der Waals surface area contributed by atoms with Crippen LogP contribution in [0.2, 0.25) is 0 Å². The van der Waals surface area contributed by atoms with Crippen molar-refractivity contribution in [3.05, 3.63) is 48.3 Å². The third-order valence-corrected chi connectivity index (χ3v) is 2.93. The van der Waals surface area contributed by atoms with Gasteiger partial charge in [0.05, 0.1) is 0 Å². The van der Waals surface area contributed by atoms with Crippen molar-refractivity contribution in [1.82, 2.24) is 10.3 Å². The Morgan fingerprint density at radius 1 is 1.29 bits per heavy atom. The summed E-state index contributed by atoms with van der Waals surface area (Å²) >= 11 is 0. The normalized spacial score (nSPS) is 15.5. The molecule has 0 unspecified atom stereocenters. The van der Waals surface area contributed by atoms with Crippen molar-refractivity contribution in [3.63, 3.8) is 0 Å². The van der Waals surface area contributed by atoms with Crippen LogP contribution >= 0.6 is 0 Å². The molecule has 2 rings (SSSR count). The smallest absolute Gasteiger partial charge is 0.328 e. The topological polar surface area (TPSA) is 99.5 Å². The molecule has 0 bridgehead atoms. The number of carbonyl (C=O) groups is 2. The van der Waals surface area contributed by atoms with Crippen LogP contribution in [0, 0.1) is 0 Å². The monoisotopic (exact) mass is 290 g/mol. The van der Waals surface area contributed by atoms with Gasteiger partial charge in [0.25, 0.3) is 0 Å². The standard InChI is InChI=1S/C11H14N2.C4H4O4/c1-12-11(6-7-11)5-4-10-3-2-8-13-9-10;5-3(6)1-2-4(7)8/h2-5,8-9,12H,6-7H2,1H3;1-2H,(H,5,6)(H,7,8). The van der Waals surface area contributed by atoms with Gasteiger partial charge >= 0.3 is 11.9 Å². The second-order valence-electron chi connectivity index (χ2n) is 4.54. The highest BCUT2D eigenvalue weighted by Crippen LogP contribution is 2.36. The highest BCUT2D eigenvalue weighted by molar-refractivity contribution is 5.89. The maximum Gasteiger partial charge on any atom is 0.328 e. The Morgan fingerprint density at radius 2 is 1.90 bits per heavy atom. The van der Waals surface area contributed by atoms with Gasteiger partial charge in [0.2, 0.25) is 0 Å². The first-order chi connectivity index (χ1) is 9.97. The lowest BCUT2D eigenvalue weighted by Gasteiger charge is -2.06. The minimum Gasteiger partial charge on any atom is -0.478 e. The lowest BCUT2D eigenvalue weighted by atomic mass is 10.2. The Bertz CT molecular complexity index is 518. The van der Waals surface area contributed by atoms with Gasteiger partial charge in [-0.2, -0.15) is 0 Å². The number of nitrogens with one attached hydrogen (secondary N) is 1. The Morgan fingerprint density at radius 3 is 2.29 bits per heavy atom. The summed E-state index contributed by atoms with van der Waals surface area (Å²) < 4.78 is 0. The van der Waals surface area contributed by atoms with E-state index in [2.05, 4.69) is 28.5 Å². The molecule has 3 N–H and O–H groups in total. The highest BCUT2D eigenvalue weighted by atomic mass is 16.4. The number of rotatable bonds is 5. The molecule has 1 aromatic rings. The second-order valence-corrected chi connectivity index (χ2v) is 4.54. The summed E-state index contributed by atoms with van der Waals surface area (Å²) in [7, 11) is 2.01. The molecular weight excluding hydrogens is 272 g/mol. The molecule has 0 radical (unpaired) electrons. The maximum atomic E-state index is 9.55. The number of nitrogens with zero attached hydrogens (tertiary/aromatic N) is 1. The van der Waals surface area contributed by atoms with E-state index in [0.717, 1.165) is 0 Å². The van der Waals surface area contributed by atoms with Crippen LogP contribution in [0.15, 0.2) is 42.8 Å². The van der Waals surface area contributed by atoms with Gasteiger partial charge in [0, 0.05) is 30.1 Å². The number of carboxylic acids is 2. The lowest BCUT2D eigenvalue weighted by molar-refractivity contribution is -0.134. The summed E-state index contributed by atoms with van der Waals surface area (Å²) in [4.78, 5) is 23.2. The summed E-state index contributed by atoms with van der Waals surface area (Å²) in [5, 5.41) is 18.9. The van der Waals surface area contributed by atoms with Crippen molar-refractivity contribution in [1.29, 1.82) is 0 Å². The minimum atomic E-state index is -1.26. The lowest BCUT2D eigenvalue weighted by Crippen LogP contribution is -2.23. The van der Waals surface area contributed by atoms with Crippen LogP contribution in [0.3, 0.4) is 0 Å². The molecule has 6 heteroatoms. The number of likely N-dealkylation sites (N-methyl/N-ethyl adjacent to an activating group) is 1. The quantitative estimate of drug-likeness (QED) is 0.712. The first-order valence-electron chi connectivity index (χ1n) is 6.39. The minimum absolute atomic E-state index is 0.288. The average Bonchev–Trinajstić information content (AvgIpc) is 3.25. The molecule has 0 spiro atoms. The summed E-state index contributed by atoms with van der Waals surface area (Å²) in [6.07, 6.45) is 11.7. The van der Waals surface area contributed by atoms with Gasteiger partial charge < -0.3 is 15.5 Å². The van der Waals surface area contributed by atoms with E-state index >= 15 is 0 Å². The zero-order valence-electron chi connectivity index (χ0n) is 11.7. The van der Waals surface area contributed by atoms with E-state index in [-0.39, 0.29) is 5.54 Å². The van der Waals surface area contributed by atoms with Crippen LogP contribution < -0.4 is 5.32 Å². The van der Waals surface area contributed by atoms with Gasteiger partial charge in [-0.1, -0.05) is 18.2 Å². The Hall–Kier alpha value is -2.47. The fourth-order valence-corrected chi connectivity index (χ4v) is 1.51. The Kier molecular flexibility index (Phi) is 6.29.